The van der Waals surface area contributed by atoms with Crippen molar-refractivity contribution in [3.63, 3.8) is 0 Å². The molecule has 1 heterocycles. The molecule has 0 fully saturated rings. The molecule has 1 aromatic heterocycles. The zero-order valence-electron chi connectivity index (χ0n) is 10.0. The Kier molecular flexibility index (Phi) is 4.10. The number of anilines is 2. The summed E-state index contributed by atoms with van der Waals surface area (Å²) >= 11 is 1.42. The molecule has 2 rings (SSSR count). The lowest BCUT2D eigenvalue weighted by atomic mass is 10.1. The van der Waals surface area contributed by atoms with E-state index in [2.05, 4.69) is 0 Å². The second kappa shape index (κ2) is 5.97. The Morgan fingerprint density at radius 3 is 2.63 bits per heavy atom. The van der Waals surface area contributed by atoms with E-state index in [4.69, 9.17) is 5.73 Å². The molecule has 0 saturated carbocycles. The lowest BCUT2D eigenvalue weighted by Crippen LogP contribution is -2.31. The molecule has 0 radical (unpaired) electrons. The zero-order chi connectivity index (χ0) is 13.7. The molecule has 2 N–H and O–H groups in total. The van der Waals surface area contributed by atoms with Crippen molar-refractivity contribution in [2.75, 3.05) is 4.90 Å². The van der Waals surface area contributed by atoms with Crippen LogP contribution in [0, 0.1) is 0 Å². The molecule has 0 aliphatic heterocycles. The summed E-state index contributed by atoms with van der Waals surface area (Å²) in [6.07, 6.45) is 3.72. The van der Waals surface area contributed by atoms with E-state index in [1.165, 1.54) is 22.3 Å². The average Bonchev–Trinajstić information content (AvgIpc) is 2.91. The van der Waals surface area contributed by atoms with Gasteiger partial charge in [0.25, 0.3) is 0 Å². The number of nitrogens with two attached hydrogens (primary N) is 1. The highest BCUT2D eigenvalue weighted by Gasteiger charge is 2.17. The highest BCUT2D eigenvalue weighted by atomic mass is 32.1. The Hall–Kier alpha value is -2.40. The van der Waals surface area contributed by atoms with Crippen LogP contribution in [0.3, 0.4) is 0 Å². The lowest BCUT2D eigenvalue weighted by Gasteiger charge is -2.20. The summed E-state index contributed by atoms with van der Waals surface area (Å²) in [5.41, 5.74) is 6.86. The maximum absolute atomic E-state index is 11.7. The topological polar surface area (TPSA) is 63.4 Å². The van der Waals surface area contributed by atoms with E-state index in [1.54, 1.807) is 12.1 Å². The van der Waals surface area contributed by atoms with Gasteiger partial charge in [-0.1, -0.05) is 18.2 Å². The normalized spacial score (nSPS) is 10.5. The second-order valence-electron chi connectivity index (χ2n) is 3.68. The van der Waals surface area contributed by atoms with Crippen LogP contribution in [0.1, 0.15) is 5.56 Å². The minimum absolute atomic E-state index is 0.561. The Bertz CT molecular complexity index is 606. The van der Waals surface area contributed by atoms with Crippen molar-refractivity contribution in [2.45, 2.75) is 0 Å². The van der Waals surface area contributed by atoms with E-state index in [0.717, 1.165) is 10.6 Å². The van der Waals surface area contributed by atoms with Crippen LogP contribution in [0.15, 0.2) is 47.9 Å². The minimum Gasteiger partial charge on any atom is -0.351 e. The van der Waals surface area contributed by atoms with Gasteiger partial charge in [0, 0.05) is 0 Å². The van der Waals surface area contributed by atoms with Gasteiger partial charge >= 0.3 is 6.03 Å². The van der Waals surface area contributed by atoms with Gasteiger partial charge in [-0.2, -0.15) is 0 Å². The molecule has 96 valence electrons. The number of amides is 2. The Labute approximate surface area is 114 Å². The molecule has 0 spiro atoms. The molecule has 4 nitrogen and oxygen atoms in total. The van der Waals surface area contributed by atoms with Gasteiger partial charge in [0.15, 0.2) is 0 Å². The first-order valence-electron chi connectivity index (χ1n) is 5.58. The summed E-state index contributed by atoms with van der Waals surface area (Å²) in [6, 6.07) is 10.4. The average molecular weight is 272 g/mol. The van der Waals surface area contributed by atoms with E-state index < -0.39 is 6.03 Å². The fourth-order valence-electron chi connectivity index (χ4n) is 1.72. The first kappa shape index (κ1) is 13.0. The fraction of sp³-hybridized carbons (Fsp3) is 0. The monoisotopic (exact) mass is 272 g/mol. The summed E-state index contributed by atoms with van der Waals surface area (Å²) in [6.45, 7) is 0. The SMILES string of the molecule is NC(=O)N(c1cccs1)c1ccccc1/C=C/C=O. The standard InChI is InChI=1S/C14H12N2O2S/c15-14(18)16(13-8-4-10-19-13)12-7-2-1-5-11(12)6-3-9-17/h1-10H,(H2,15,18)/b6-3+. The third-order valence-electron chi connectivity index (χ3n) is 2.48. The number of nitrogens with zero attached hydrogens (tertiary/aromatic N) is 1. The second-order valence-corrected chi connectivity index (χ2v) is 4.61. The fourth-order valence-corrected chi connectivity index (χ4v) is 2.47. The van der Waals surface area contributed by atoms with Crippen molar-refractivity contribution < 1.29 is 9.59 Å². The highest BCUT2D eigenvalue weighted by Crippen LogP contribution is 2.32. The number of thiophene rings is 1. The quantitative estimate of drug-likeness (QED) is 0.686. The summed E-state index contributed by atoms with van der Waals surface area (Å²) in [5.74, 6) is 0. The molecule has 0 unspecified atom stereocenters. The van der Waals surface area contributed by atoms with Crippen LogP contribution in [0.5, 0.6) is 0 Å². The largest absolute Gasteiger partial charge is 0.351 e. The van der Waals surface area contributed by atoms with Crippen LogP contribution >= 0.6 is 11.3 Å². The molecular formula is C14H12N2O2S. The van der Waals surface area contributed by atoms with Crippen LogP contribution in [-0.4, -0.2) is 12.3 Å². The van der Waals surface area contributed by atoms with Crippen molar-refractivity contribution in [1.82, 2.24) is 0 Å². The van der Waals surface area contributed by atoms with Crippen molar-refractivity contribution in [2.24, 2.45) is 5.73 Å². The number of para-hydroxylation sites is 1. The van der Waals surface area contributed by atoms with Gasteiger partial charge in [-0.25, -0.2) is 4.79 Å². The summed E-state index contributed by atoms with van der Waals surface area (Å²) in [7, 11) is 0. The number of benzene rings is 1. The van der Waals surface area contributed by atoms with Crippen LogP contribution in [0.25, 0.3) is 6.08 Å². The molecule has 0 aliphatic carbocycles. The number of aldehydes is 1. The molecule has 5 heteroatoms. The predicted octanol–water partition coefficient (Wildman–Crippen LogP) is 3.18. The van der Waals surface area contributed by atoms with Crippen molar-refractivity contribution in [3.05, 3.63) is 53.4 Å². The van der Waals surface area contributed by atoms with Gasteiger partial charge in [-0.05, 0) is 41.3 Å². The molecule has 1 aromatic carbocycles. The molecule has 0 bridgehead atoms. The number of carbonyl (C=O) groups excluding carboxylic acids is 2. The number of hydrogen-bond donors (Lipinski definition) is 1. The predicted molar refractivity (Wildman–Crippen MR) is 77.6 cm³/mol. The van der Waals surface area contributed by atoms with Gasteiger partial charge in [0.2, 0.25) is 0 Å². The van der Waals surface area contributed by atoms with Gasteiger partial charge in [-0.15, -0.1) is 11.3 Å². The number of hydrogen-bond acceptors (Lipinski definition) is 3. The molecule has 0 atom stereocenters. The maximum atomic E-state index is 11.7. The first-order valence-corrected chi connectivity index (χ1v) is 6.46. The Morgan fingerprint density at radius 1 is 1.21 bits per heavy atom. The number of carbonyl (C=O) groups is 2. The minimum atomic E-state index is -0.561. The molecule has 0 aliphatic rings. The summed E-state index contributed by atoms with van der Waals surface area (Å²) in [5, 5.41) is 2.61. The van der Waals surface area contributed by atoms with Crippen LogP contribution in [-0.2, 0) is 4.79 Å². The van der Waals surface area contributed by atoms with Gasteiger partial charge in [-0.3, -0.25) is 9.69 Å². The van der Waals surface area contributed by atoms with Gasteiger partial charge in [0.1, 0.15) is 11.3 Å². The molecule has 2 amide bonds. The molecule has 19 heavy (non-hydrogen) atoms. The van der Waals surface area contributed by atoms with Crippen LogP contribution in [0.2, 0.25) is 0 Å². The van der Waals surface area contributed by atoms with Gasteiger partial charge in [0.05, 0.1) is 5.69 Å². The van der Waals surface area contributed by atoms with E-state index in [9.17, 15) is 9.59 Å². The van der Waals surface area contributed by atoms with Crippen molar-refractivity contribution >= 4 is 40.4 Å². The number of allylic oxidation sites excluding steroid dienone is 1. The van der Waals surface area contributed by atoms with E-state index >= 15 is 0 Å². The van der Waals surface area contributed by atoms with E-state index in [-0.39, 0.29) is 0 Å². The highest BCUT2D eigenvalue weighted by molar-refractivity contribution is 7.14. The van der Waals surface area contributed by atoms with Gasteiger partial charge < -0.3 is 5.73 Å². The third-order valence-corrected chi connectivity index (χ3v) is 3.33. The molecule has 0 saturated heterocycles. The van der Waals surface area contributed by atoms with Crippen LogP contribution < -0.4 is 10.6 Å². The van der Waals surface area contributed by atoms with E-state index in [0.29, 0.717) is 12.0 Å². The van der Waals surface area contributed by atoms with Crippen molar-refractivity contribution in [3.8, 4) is 0 Å². The first-order chi connectivity index (χ1) is 9.24. The zero-order valence-corrected chi connectivity index (χ0v) is 10.8. The van der Waals surface area contributed by atoms with Crippen LogP contribution in [0.4, 0.5) is 15.5 Å². The number of urea groups is 1. The molecular weight excluding hydrogens is 260 g/mol. The number of primary amides is 1. The maximum Gasteiger partial charge on any atom is 0.324 e. The Balaban J connectivity index is 2.51. The Morgan fingerprint density at radius 2 is 2.00 bits per heavy atom. The smallest absolute Gasteiger partial charge is 0.324 e. The van der Waals surface area contributed by atoms with Crippen molar-refractivity contribution in [1.29, 1.82) is 0 Å². The van der Waals surface area contributed by atoms with E-state index in [1.807, 2.05) is 35.7 Å². The molecule has 2 aromatic rings. The lowest BCUT2D eigenvalue weighted by molar-refractivity contribution is -0.104. The number of rotatable bonds is 4. The summed E-state index contributed by atoms with van der Waals surface area (Å²) < 4.78 is 0. The third kappa shape index (κ3) is 2.89. The summed E-state index contributed by atoms with van der Waals surface area (Å²) in [4.78, 5) is 23.5.